The minimum Gasteiger partial charge on any atom is -0.334 e. The number of amides is 1. The van der Waals surface area contributed by atoms with Crippen LogP contribution in [0.2, 0.25) is 0 Å². The molecule has 0 aliphatic rings. The number of hydrazine groups is 1. The average molecular weight is 271 g/mol. The van der Waals surface area contributed by atoms with Gasteiger partial charge in [0.15, 0.2) is 0 Å². The topological polar surface area (TPSA) is 84.1 Å². The first-order valence-corrected chi connectivity index (χ1v) is 6.21. The van der Waals surface area contributed by atoms with E-state index in [4.69, 9.17) is 5.84 Å². The molecule has 0 saturated heterocycles. The molecule has 0 fully saturated rings. The van der Waals surface area contributed by atoms with Crippen LogP contribution < -0.4 is 11.3 Å². The lowest BCUT2D eigenvalue weighted by atomic mass is 10.2. The summed E-state index contributed by atoms with van der Waals surface area (Å²) >= 11 is 0. The van der Waals surface area contributed by atoms with Gasteiger partial charge in [0.1, 0.15) is 5.69 Å². The Hall–Kier alpha value is -2.47. The molecule has 2 aromatic rings. The van der Waals surface area contributed by atoms with Crippen LogP contribution in [0.5, 0.6) is 0 Å². The fourth-order valence-electron chi connectivity index (χ4n) is 1.80. The van der Waals surface area contributed by atoms with Crippen LogP contribution in [0, 0.1) is 6.92 Å². The van der Waals surface area contributed by atoms with Gasteiger partial charge < -0.3 is 10.3 Å². The molecule has 0 aliphatic heterocycles. The monoisotopic (exact) mass is 271 g/mol. The van der Waals surface area contributed by atoms with Crippen LogP contribution in [0.25, 0.3) is 0 Å². The fourth-order valence-corrected chi connectivity index (χ4v) is 1.80. The summed E-state index contributed by atoms with van der Waals surface area (Å²) in [4.78, 5) is 22.3. The predicted molar refractivity (Wildman–Crippen MR) is 76.8 cm³/mol. The number of carbonyl (C=O) groups excluding carboxylic acids is 1. The highest BCUT2D eigenvalue weighted by Gasteiger charge is 2.13. The first kappa shape index (κ1) is 14.0. The number of nitrogens with two attached hydrogens (primary N) is 1. The molecule has 0 saturated carbocycles. The van der Waals surface area contributed by atoms with Gasteiger partial charge in [-0.15, -0.1) is 0 Å². The van der Waals surface area contributed by atoms with Gasteiger partial charge in [-0.05, 0) is 31.2 Å². The lowest BCUT2D eigenvalue weighted by Crippen LogP contribution is -2.27. The standard InChI is InChI=1S/C14H17N5O/c1-10-4-3-5-12(17-10)9-19(2)14(20)13-7-6-11(18-15)8-16-13/h3-8,18H,9,15H2,1-2H3. The Morgan fingerprint density at radius 1 is 1.35 bits per heavy atom. The predicted octanol–water partition coefficient (Wildman–Crippen LogP) is 1.34. The molecule has 3 N–H and O–H groups in total. The first-order chi connectivity index (χ1) is 9.60. The average Bonchev–Trinajstić information content (AvgIpc) is 2.46. The van der Waals surface area contributed by atoms with E-state index >= 15 is 0 Å². The molecule has 6 nitrogen and oxygen atoms in total. The third-order valence-corrected chi connectivity index (χ3v) is 2.84. The highest BCUT2D eigenvalue weighted by atomic mass is 16.2. The van der Waals surface area contributed by atoms with Crippen molar-refractivity contribution in [1.82, 2.24) is 14.9 Å². The third kappa shape index (κ3) is 3.30. The largest absolute Gasteiger partial charge is 0.334 e. The second-order valence-corrected chi connectivity index (χ2v) is 4.51. The molecule has 0 spiro atoms. The van der Waals surface area contributed by atoms with E-state index in [0.29, 0.717) is 17.9 Å². The third-order valence-electron chi connectivity index (χ3n) is 2.84. The van der Waals surface area contributed by atoms with Crippen LogP contribution in [-0.2, 0) is 6.54 Å². The maximum Gasteiger partial charge on any atom is 0.272 e. The van der Waals surface area contributed by atoms with Crippen molar-refractivity contribution in [3.05, 3.63) is 53.6 Å². The SMILES string of the molecule is Cc1cccc(CN(C)C(=O)c2ccc(NN)cn2)n1. The van der Waals surface area contributed by atoms with E-state index in [0.717, 1.165) is 11.4 Å². The maximum absolute atomic E-state index is 12.2. The van der Waals surface area contributed by atoms with Crippen molar-refractivity contribution in [3.63, 3.8) is 0 Å². The van der Waals surface area contributed by atoms with Gasteiger partial charge in [-0.1, -0.05) is 6.07 Å². The summed E-state index contributed by atoms with van der Waals surface area (Å²) in [5, 5.41) is 0. The summed E-state index contributed by atoms with van der Waals surface area (Å²) in [5.41, 5.74) is 5.28. The van der Waals surface area contributed by atoms with Gasteiger partial charge >= 0.3 is 0 Å². The van der Waals surface area contributed by atoms with Crippen molar-refractivity contribution in [2.24, 2.45) is 5.84 Å². The number of nitrogens with one attached hydrogen (secondary N) is 1. The van der Waals surface area contributed by atoms with Crippen molar-refractivity contribution in [2.75, 3.05) is 12.5 Å². The van der Waals surface area contributed by atoms with Crippen molar-refractivity contribution >= 4 is 11.6 Å². The van der Waals surface area contributed by atoms with Gasteiger partial charge in [0.25, 0.3) is 5.91 Å². The molecule has 2 heterocycles. The van der Waals surface area contributed by atoms with E-state index in [9.17, 15) is 4.79 Å². The number of rotatable bonds is 4. The number of hydrogen-bond acceptors (Lipinski definition) is 5. The molecule has 0 unspecified atom stereocenters. The van der Waals surface area contributed by atoms with E-state index in [2.05, 4.69) is 15.4 Å². The molecule has 0 bridgehead atoms. The highest BCUT2D eigenvalue weighted by Crippen LogP contribution is 2.08. The summed E-state index contributed by atoms with van der Waals surface area (Å²) < 4.78 is 0. The van der Waals surface area contributed by atoms with Gasteiger partial charge in [0.2, 0.25) is 0 Å². The Kier molecular flexibility index (Phi) is 4.27. The molecule has 20 heavy (non-hydrogen) atoms. The molecule has 0 radical (unpaired) electrons. The fraction of sp³-hybridized carbons (Fsp3) is 0.214. The number of aryl methyl sites for hydroxylation is 1. The maximum atomic E-state index is 12.2. The van der Waals surface area contributed by atoms with Gasteiger partial charge in [0, 0.05) is 12.7 Å². The molecular formula is C14H17N5O. The number of nitrogen functional groups attached to an aromatic ring is 1. The first-order valence-electron chi connectivity index (χ1n) is 6.21. The molecule has 2 rings (SSSR count). The van der Waals surface area contributed by atoms with Crippen molar-refractivity contribution < 1.29 is 4.79 Å². The Morgan fingerprint density at radius 3 is 2.75 bits per heavy atom. The Bertz CT molecular complexity index is 597. The normalized spacial score (nSPS) is 10.2. The zero-order valence-electron chi connectivity index (χ0n) is 11.5. The van der Waals surface area contributed by atoms with Gasteiger partial charge in [0.05, 0.1) is 24.1 Å². The second kappa shape index (κ2) is 6.12. The van der Waals surface area contributed by atoms with E-state index < -0.39 is 0 Å². The Labute approximate surface area is 117 Å². The van der Waals surface area contributed by atoms with Crippen LogP contribution in [0.1, 0.15) is 21.9 Å². The van der Waals surface area contributed by atoms with Gasteiger partial charge in [-0.2, -0.15) is 0 Å². The molecule has 0 aliphatic carbocycles. The van der Waals surface area contributed by atoms with Gasteiger partial charge in [-0.25, -0.2) is 4.98 Å². The summed E-state index contributed by atoms with van der Waals surface area (Å²) in [6.07, 6.45) is 1.52. The molecule has 0 atom stereocenters. The second-order valence-electron chi connectivity index (χ2n) is 4.51. The van der Waals surface area contributed by atoms with E-state index in [1.165, 1.54) is 6.20 Å². The number of nitrogens with zero attached hydrogens (tertiary/aromatic N) is 3. The highest BCUT2D eigenvalue weighted by molar-refractivity contribution is 5.92. The van der Waals surface area contributed by atoms with E-state index in [1.54, 1.807) is 24.1 Å². The molecule has 2 aromatic heterocycles. The number of anilines is 1. The quantitative estimate of drug-likeness (QED) is 0.647. The number of carbonyl (C=O) groups is 1. The van der Waals surface area contributed by atoms with Crippen molar-refractivity contribution in [2.45, 2.75) is 13.5 Å². The summed E-state index contributed by atoms with van der Waals surface area (Å²) in [5.74, 6) is 5.10. The number of aromatic nitrogens is 2. The summed E-state index contributed by atoms with van der Waals surface area (Å²) in [6, 6.07) is 9.09. The van der Waals surface area contributed by atoms with Crippen LogP contribution in [0.15, 0.2) is 36.5 Å². The molecule has 1 amide bonds. The molecule has 6 heteroatoms. The van der Waals surface area contributed by atoms with Crippen LogP contribution in [-0.4, -0.2) is 27.8 Å². The molecule has 104 valence electrons. The van der Waals surface area contributed by atoms with Crippen LogP contribution >= 0.6 is 0 Å². The lowest BCUT2D eigenvalue weighted by Gasteiger charge is -2.16. The van der Waals surface area contributed by atoms with Crippen molar-refractivity contribution in [1.29, 1.82) is 0 Å². The zero-order valence-corrected chi connectivity index (χ0v) is 11.5. The summed E-state index contributed by atoms with van der Waals surface area (Å²) in [7, 11) is 1.73. The Morgan fingerprint density at radius 2 is 2.15 bits per heavy atom. The van der Waals surface area contributed by atoms with E-state index in [1.807, 2.05) is 25.1 Å². The summed E-state index contributed by atoms with van der Waals surface area (Å²) in [6.45, 7) is 2.37. The van der Waals surface area contributed by atoms with E-state index in [-0.39, 0.29) is 5.91 Å². The lowest BCUT2D eigenvalue weighted by molar-refractivity contribution is 0.0777. The van der Waals surface area contributed by atoms with Crippen LogP contribution in [0.4, 0.5) is 5.69 Å². The smallest absolute Gasteiger partial charge is 0.272 e. The number of pyridine rings is 2. The van der Waals surface area contributed by atoms with Gasteiger partial charge in [-0.3, -0.25) is 15.6 Å². The Balaban J connectivity index is 2.07. The molecule has 0 aromatic carbocycles. The minimum atomic E-state index is -0.156. The minimum absolute atomic E-state index is 0.156. The molecular weight excluding hydrogens is 254 g/mol. The van der Waals surface area contributed by atoms with Crippen molar-refractivity contribution in [3.8, 4) is 0 Å². The zero-order chi connectivity index (χ0) is 14.5. The van der Waals surface area contributed by atoms with Crippen LogP contribution in [0.3, 0.4) is 0 Å². The number of hydrogen-bond donors (Lipinski definition) is 2.